The molecule has 0 radical (unpaired) electrons. The number of carbonyl (C=O) groups excluding carboxylic acids is 1. The predicted octanol–water partition coefficient (Wildman–Crippen LogP) is 2.37. The number of rotatable bonds is 6. The highest BCUT2D eigenvalue weighted by atomic mass is 16.1. The van der Waals surface area contributed by atoms with E-state index in [0.29, 0.717) is 17.9 Å². The lowest BCUT2D eigenvalue weighted by Crippen LogP contribution is -2.46. The Labute approximate surface area is 164 Å². The Balaban J connectivity index is 1.31. The van der Waals surface area contributed by atoms with Gasteiger partial charge in [-0.05, 0) is 25.1 Å². The third-order valence-corrected chi connectivity index (χ3v) is 5.20. The monoisotopic (exact) mass is 376 g/mol. The van der Waals surface area contributed by atoms with Gasteiger partial charge in [-0.25, -0.2) is 14.6 Å². The Morgan fingerprint density at radius 2 is 1.71 bits per heavy atom. The van der Waals surface area contributed by atoms with Gasteiger partial charge in [-0.15, -0.1) is 0 Å². The number of nitrogens with zero attached hydrogens (tertiary/aromatic N) is 6. The maximum absolute atomic E-state index is 12.7. The number of aromatic nitrogens is 4. The molecule has 7 nitrogen and oxygen atoms in total. The van der Waals surface area contributed by atoms with E-state index in [0.717, 1.165) is 38.4 Å². The second-order valence-electron chi connectivity index (χ2n) is 6.94. The summed E-state index contributed by atoms with van der Waals surface area (Å²) >= 11 is 0. The molecule has 0 N–H and O–H groups in total. The first-order valence-corrected chi connectivity index (χ1v) is 9.60. The number of carbonyl (C=O) groups is 1. The van der Waals surface area contributed by atoms with E-state index in [4.69, 9.17) is 0 Å². The molecule has 0 atom stereocenters. The Hall–Kier alpha value is -3.06. The molecule has 1 aliphatic heterocycles. The number of para-hydroxylation sites is 1. The summed E-state index contributed by atoms with van der Waals surface area (Å²) in [6, 6.07) is 12.2. The first kappa shape index (κ1) is 18.3. The summed E-state index contributed by atoms with van der Waals surface area (Å²) in [5.74, 6) is 0.598. The summed E-state index contributed by atoms with van der Waals surface area (Å²) < 4.78 is 1.62. The van der Waals surface area contributed by atoms with Gasteiger partial charge in [0.25, 0.3) is 5.95 Å². The molecule has 4 rings (SSSR count). The minimum absolute atomic E-state index is 0.116. The largest absolute Gasteiger partial charge is 0.369 e. The molecule has 0 unspecified atom stereocenters. The van der Waals surface area contributed by atoms with Gasteiger partial charge < -0.3 is 4.90 Å². The number of anilines is 1. The second kappa shape index (κ2) is 8.31. The predicted molar refractivity (Wildman–Crippen MR) is 108 cm³/mol. The van der Waals surface area contributed by atoms with Gasteiger partial charge in [0.15, 0.2) is 5.78 Å². The van der Waals surface area contributed by atoms with Crippen LogP contribution in [0.1, 0.15) is 22.5 Å². The van der Waals surface area contributed by atoms with Crippen LogP contribution in [0.15, 0.2) is 55.0 Å². The van der Waals surface area contributed by atoms with E-state index in [1.165, 1.54) is 5.69 Å². The van der Waals surface area contributed by atoms with Crippen LogP contribution < -0.4 is 4.90 Å². The molecular weight excluding hydrogens is 352 g/mol. The van der Waals surface area contributed by atoms with Gasteiger partial charge in [-0.2, -0.15) is 5.10 Å². The van der Waals surface area contributed by atoms with Gasteiger partial charge in [0.1, 0.15) is 0 Å². The van der Waals surface area contributed by atoms with Crippen LogP contribution in [0, 0.1) is 6.92 Å². The van der Waals surface area contributed by atoms with Crippen LogP contribution in [0.3, 0.4) is 0 Å². The lowest BCUT2D eigenvalue weighted by Gasteiger charge is -2.36. The van der Waals surface area contributed by atoms with Gasteiger partial charge in [0.05, 0.1) is 17.5 Å². The van der Waals surface area contributed by atoms with Crippen molar-refractivity contribution >= 4 is 11.5 Å². The molecule has 0 spiro atoms. The Morgan fingerprint density at radius 3 is 2.43 bits per heavy atom. The quantitative estimate of drug-likeness (QED) is 0.616. The first-order chi connectivity index (χ1) is 13.7. The van der Waals surface area contributed by atoms with Crippen molar-refractivity contribution < 1.29 is 4.79 Å². The van der Waals surface area contributed by atoms with E-state index in [9.17, 15) is 4.79 Å². The number of piperazine rings is 1. The molecule has 144 valence electrons. The molecular formula is C21H24N6O. The fourth-order valence-electron chi connectivity index (χ4n) is 3.55. The fourth-order valence-corrected chi connectivity index (χ4v) is 3.55. The zero-order valence-corrected chi connectivity index (χ0v) is 16.0. The van der Waals surface area contributed by atoms with Gasteiger partial charge in [0, 0.05) is 57.2 Å². The Kier molecular flexibility index (Phi) is 5.43. The third-order valence-electron chi connectivity index (χ3n) is 5.20. The zero-order valence-electron chi connectivity index (χ0n) is 16.0. The molecule has 0 aliphatic carbocycles. The van der Waals surface area contributed by atoms with Crippen LogP contribution >= 0.6 is 0 Å². The topological polar surface area (TPSA) is 67.2 Å². The van der Waals surface area contributed by atoms with Gasteiger partial charge in [0.2, 0.25) is 0 Å². The number of benzene rings is 1. The molecule has 1 fully saturated rings. The normalized spacial score (nSPS) is 15.0. The molecule has 3 heterocycles. The van der Waals surface area contributed by atoms with Crippen molar-refractivity contribution in [2.24, 2.45) is 0 Å². The third kappa shape index (κ3) is 3.94. The lowest BCUT2D eigenvalue weighted by atomic mass is 10.1. The zero-order chi connectivity index (χ0) is 19.3. The highest BCUT2D eigenvalue weighted by molar-refractivity contribution is 5.97. The Bertz CT molecular complexity index is 917. The van der Waals surface area contributed by atoms with E-state index >= 15 is 0 Å². The van der Waals surface area contributed by atoms with E-state index in [1.54, 1.807) is 29.3 Å². The molecule has 3 aromatic rings. The average molecular weight is 376 g/mol. The van der Waals surface area contributed by atoms with Crippen molar-refractivity contribution in [3.63, 3.8) is 0 Å². The fraction of sp³-hybridized carbons (Fsp3) is 0.333. The summed E-state index contributed by atoms with van der Waals surface area (Å²) in [7, 11) is 0. The summed E-state index contributed by atoms with van der Waals surface area (Å²) in [4.78, 5) is 25.9. The van der Waals surface area contributed by atoms with E-state index in [2.05, 4.69) is 49.1 Å². The molecule has 1 aromatic carbocycles. The number of hydrogen-bond acceptors (Lipinski definition) is 6. The first-order valence-electron chi connectivity index (χ1n) is 9.60. The molecule has 0 bridgehead atoms. The van der Waals surface area contributed by atoms with E-state index in [1.807, 2.05) is 13.0 Å². The van der Waals surface area contributed by atoms with Crippen molar-refractivity contribution in [3.8, 4) is 5.95 Å². The van der Waals surface area contributed by atoms with Crippen molar-refractivity contribution in [2.75, 3.05) is 37.6 Å². The van der Waals surface area contributed by atoms with Crippen LogP contribution in [-0.4, -0.2) is 63.2 Å². The lowest BCUT2D eigenvalue weighted by molar-refractivity contribution is 0.0962. The van der Waals surface area contributed by atoms with Crippen LogP contribution in [0.5, 0.6) is 0 Å². The van der Waals surface area contributed by atoms with Crippen LogP contribution in [0.25, 0.3) is 5.95 Å². The molecule has 2 aromatic heterocycles. The van der Waals surface area contributed by atoms with Gasteiger partial charge in [-0.3, -0.25) is 9.69 Å². The summed E-state index contributed by atoms with van der Waals surface area (Å²) in [5.41, 5.74) is 2.70. The number of Topliss-reactive ketones (excluding diaryl/α,β-unsaturated/α-hetero) is 1. The smallest absolute Gasteiger partial charge is 0.250 e. The molecule has 7 heteroatoms. The second-order valence-corrected chi connectivity index (χ2v) is 6.94. The SMILES string of the molecule is Cc1c(C(=O)CCN2CCN(c3ccccc3)CC2)cnn1-c1ncccn1. The van der Waals surface area contributed by atoms with Crippen molar-refractivity contribution in [1.82, 2.24) is 24.6 Å². The van der Waals surface area contributed by atoms with Crippen LogP contribution in [0.4, 0.5) is 5.69 Å². The summed E-state index contributed by atoms with van der Waals surface area (Å²) in [6.45, 7) is 6.57. The molecule has 28 heavy (non-hydrogen) atoms. The Morgan fingerprint density at radius 1 is 1.00 bits per heavy atom. The minimum Gasteiger partial charge on any atom is -0.369 e. The summed E-state index contributed by atoms with van der Waals surface area (Å²) in [6.07, 6.45) is 5.45. The van der Waals surface area contributed by atoms with Crippen molar-refractivity contribution in [3.05, 3.63) is 66.2 Å². The van der Waals surface area contributed by atoms with E-state index in [-0.39, 0.29) is 5.78 Å². The molecule has 1 aliphatic rings. The molecule has 0 amide bonds. The maximum Gasteiger partial charge on any atom is 0.250 e. The van der Waals surface area contributed by atoms with Gasteiger partial charge in [-0.1, -0.05) is 18.2 Å². The molecule has 0 saturated carbocycles. The van der Waals surface area contributed by atoms with Gasteiger partial charge >= 0.3 is 0 Å². The standard InChI is InChI=1S/C21H24N6O/c1-17-19(16-24-27(17)21-22-9-5-10-23-21)20(28)8-11-25-12-14-26(15-13-25)18-6-3-2-4-7-18/h2-7,9-10,16H,8,11-15H2,1H3. The van der Waals surface area contributed by atoms with Crippen molar-refractivity contribution in [2.45, 2.75) is 13.3 Å². The number of ketones is 1. The maximum atomic E-state index is 12.7. The number of hydrogen-bond donors (Lipinski definition) is 0. The van der Waals surface area contributed by atoms with E-state index < -0.39 is 0 Å². The van der Waals surface area contributed by atoms with Crippen molar-refractivity contribution in [1.29, 1.82) is 0 Å². The van der Waals surface area contributed by atoms with Crippen LogP contribution in [-0.2, 0) is 0 Å². The highest BCUT2D eigenvalue weighted by Crippen LogP contribution is 2.17. The highest BCUT2D eigenvalue weighted by Gasteiger charge is 2.20. The average Bonchev–Trinajstić information content (AvgIpc) is 3.15. The summed E-state index contributed by atoms with van der Waals surface area (Å²) in [5, 5.41) is 4.30. The minimum atomic E-state index is 0.116. The van der Waals surface area contributed by atoms with Crippen LogP contribution in [0.2, 0.25) is 0 Å². The molecule has 1 saturated heterocycles.